The summed E-state index contributed by atoms with van der Waals surface area (Å²) in [5.41, 5.74) is 3.00. The van der Waals surface area contributed by atoms with E-state index in [1.54, 1.807) is 0 Å². The highest BCUT2D eigenvalue weighted by molar-refractivity contribution is 7.14. The molecule has 1 aromatic heterocycles. The van der Waals surface area contributed by atoms with Gasteiger partial charge >= 0.3 is 0 Å². The van der Waals surface area contributed by atoms with Gasteiger partial charge in [-0.15, -0.1) is 11.3 Å². The monoisotopic (exact) mass is 275 g/mol. The number of benzene rings is 1. The summed E-state index contributed by atoms with van der Waals surface area (Å²) in [7, 11) is 0. The van der Waals surface area contributed by atoms with Crippen molar-refractivity contribution in [3.05, 3.63) is 56.8 Å². The first-order valence-corrected chi connectivity index (χ1v) is 6.95. The van der Waals surface area contributed by atoms with E-state index in [0.29, 0.717) is 6.54 Å². The number of aliphatic hydroxyl groups is 1. The summed E-state index contributed by atoms with van der Waals surface area (Å²) >= 11 is 1.51. The standard InChI is InChI=1S/C15H17NO2S/c1-10-6-14(19-11(10)2)15(18)16-8-12-4-3-5-13(7-12)9-17/h3-7,17H,8-9H2,1-2H3,(H,16,18). The third-order valence-corrected chi connectivity index (χ3v) is 4.17. The third-order valence-electron chi connectivity index (χ3n) is 3.02. The molecule has 2 N–H and O–H groups in total. The number of thiophene rings is 1. The zero-order valence-electron chi connectivity index (χ0n) is 11.1. The van der Waals surface area contributed by atoms with Crippen LogP contribution in [0.15, 0.2) is 30.3 Å². The van der Waals surface area contributed by atoms with Gasteiger partial charge in [0, 0.05) is 11.4 Å². The lowest BCUT2D eigenvalue weighted by molar-refractivity contribution is 0.0955. The zero-order valence-corrected chi connectivity index (χ0v) is 11.9. The van der Waals surface area contributed by atoms with Crippen LogP contribution in [0.5, 0.6) is 0 Å². The van der Waals surface area contributed by atoms with E-state index in [2.05, 4.69) is 5.32 Å². The average Bonchev–Trinajstić information content (AvgIpc) is 2.76. The van der Waals surface area contributed by atoms with Crippen LogP contribution >= 0.6 is 11.3 Å². The van der Waals surface area contributed by atoms with Crippen LogP contribution < -0.4 is 5.32 Å². The van der Waals surface area contributed by atoms with Gasteiger partial charge in [0.25, 0.3) is 5.91 Å². The Hall–Kier alpha value is -1.65. The molecular formula is C15H17NO2S. The number of rotatable bonds is 4. The van der Waals surface area contributed by atoms with Crippen molar-refractivity contribution < 1.29 is 9.90 Å². The number of aliphatic hydroxyl groups excluding tert-OH is 1. The van der Waals surface area contributed by atoms with E-state index in [1.165, 1.54) is 16.2 Å². The summed E-state index contributed by atoms with van der Waals surface area (Å²) in [6.07, 6.45) is 0. The minimum absolute atomic E-state index is 0.0189. The fourth-order valence-electron chi connectivity index (χ4n) is 1.79. The highest BCUT2D eigenvalue weighted by Gasteiger charge is 2.09. The molecule has 0 aliphatic heterocycles. The van der Waals surface area contributed by atoms with E-state index >= 15 is 0 Å². The number of carbonyl (C=O) groups excluding carboxylic acids is 1. The van der Waals surface area contributed by atoms with Crippen molar-refractivity contribution in [3.63, 3.8) is 0 Å². The largest absolute Gasteiger partial charge is 0.392 e. The maximum Gasteiger partial charge on any atom is 0.261 e. The van der Waals surface area contributed by atoms with Gasteiger partial charge < -0.3 is 10.4 Å². The van der Waals surface area contributed by atoms with Gasteiger partial charge in [0.1, 0.15) is 0 Å². The Bertz CT molecular complexity index is 570. The molecule has 0 aliphatic rings. The molecule has 2 rings (SSSR count). The van der Waals surface area contributed by atoms with Gasteiger partial charge in [-0.3, -0.25) is 4.79 Å². The van der Waals surface area contributed by atoms with Crippen LogP contribution in [0.25, 0.3) is 0 Å². The van der Waals surface area contributed by atoms with Gasteiger partial charge in [-0.05, 0) is 36.6 Å². The second-order valence-corrected chi connectivity index (χ2v) is 5.77. The number of amides is 1. The van der Waals surface area contributed by atoms with Crippen LogP contribution in [0.1, 0.15) is 31.2 Å². The van der Waals surface area contributed by atoms with Crippen molar-refractivity contribution >= 4 is 17.2 Å². The van der Waals surface area contributed by atoms with E-state index in [9.17, 15) is 4.79 Å². The number of nitrogens with one attached hydrogen (secondary N) is 1. The third kappa shape index (κ3) is 3.43. The number of carbonyl (C=O) groups is 1. The van der Waals surface area contributed by atoms with Gasteiger partial charge in [-0.25, -0.2) is 0 Å². The second kappa shape index (κ2) is 5.99. The molecule has 0 radical (unpaired) electrons. The van der Waals surface area contributed by atoms with Crippen molar-refractivity contribution in [2.24, 2.45) is 0 Å². The lowest BCUT2D eigenvalue weighted by Crippen LogP contribution is -2.21. The Kier molecular flexibility index (Phi) is 4.35. The number of hydrogen-bond donors (Lipinski definition) is 2. The summed E-state index contributed by atoms with van der Waals surface area (Å²) in [5, 5.41) is 12.0. The van der Waals surface area contributed by atoms with Gasteiger partial charge in [-0.2, -0.15) is 0 Å². The van der Waals surface area contributed by atoms with E-state index in [-0.39, 0.29) is 12.5 Å². The topological polar surface area (TPSA) is 49.3 Å². The summed E-state index contributed by atoms with van der Waals surface area (Å²) in [6, 6.07) is 9.48. The molecule has 0 spiro atoms. The van der Waals surface area contributed by atoms with Crippen molar-refractivity contribution in [2.45, 2.75) is 27.0 Å². The normalized spacial score (nSPS) is 10.5. The molecule has 2 aromatic rings. The van der Waals surface area contributed by atoms with Crippen molar-refractivity contribution in [2.75, 3.05) is 0 Å². The van der Waals surface area contributed by atoms with Crippen molar-refractivity contribution in [1.29, 1.82) is 0 Å². The van der Waals surface area contributed by atoms with Gasteiger partial charge in [-0.1, -0.05) is 24.3 Å². The molecule has 1 heterocycles. The zero-order chi connectivity index (χ0) is 13.8. The van der Waals surface area contributed by atoms with Crippen LogP contribution in [-0.2, 0) is 13.2 Å². The quantitative estimate of drug-likeness (QED) is 0.901. The predicted molar refractivity (Wildman–Crippen MR) is 77.3 cm³/mol. The van der Waals surface area contributed by atoms with Crippen LogP contribution in [0.3, 0.4) is 0 Å². The van der Waals surface area contributed by atoms with Crippen molar-refractivity contribution in [3.8, 4) is 0 Å². The van der Waals surface area contributed by atoms with E-state index in [4.69, 9.17) is 5.11 Å². The SMILES string of the molecule is Cc1cc(C(=O)NCc2cccc(CO)c2)sc1C. The molecule has 1 aromatic carbocycles. The highest BCUT2D eigenvalue weighted by Crippen LogP contribution is 2.20. The van der Waals surface area contributed by atoms with E-state index in [1.807, 2.05) is 44.2 Å². The second-order valence-electron chi connectivity index (χ2n) is 4.51. The van der Waals surface area contributed by atoms with Gasteiger partial charge in [0.2, 0.25) is 0 Å². The Morgan fingerprint density at radius 3 is 2.63 bits per heavy atom. The number of hydrogen-bond acceptors (Lipinski definition) is 3. The summed E-state index contributed by atoms with van der Waals surface area (Å²) < 4.78 is 0. The van der Waals surface area contributed by atoms with E-state index < -0.39 is 0 Å². The van der Waals surface area contributed by atoms with Crippen molar-refractivity contribution in [1.82, 2.24) is 5.32 Å². The lowest BCUT2D eigenvalue weighted by atomic mass is 10.1. The molecule has 100 valence electrons. The van der Waals surface area contributed by atoms with Crippen LogP contribution in [0, 0.1) is 13.8 Å². The predicted octanol–water partition coefficient (Wildman–Crippen LogP) is 2.79. The van der Waals surface area contributed by atoms with Crippen LogP contribution in [0.2, 0.25) is 0 Å². The summed E-state index contributed by atoms with van der Waals surface area (Å²) in [4.78, 5) is 13.9. The summed E-state index contributed by atoms with van der Waals surface area (Å²) in [5.74, 6) is -0.0457. The Balaban J connectivity index is 2.00. The molecule has 0 fully saturated rings. The van der Waals surface area contributed by atoms with Crippen LogP contribution in [0.4, 0.5) is 0 Å². The minimum atomic E-state index is -0.0457. The van der Waals surface area contributed by atoms with Gasteiger partial charge in [0.15, 0.2) is 0 Å². The molecule has 0 saturated heterocycles. The van der Waals surface area contributed by atoms with Gasteiger partial charge in [0.05, 0.1) is 11.5 Å². The molecule has 0 saturated carbocycles. The molecule has 0 aliphatic carbocycles. The summed E-state index contributed by atoms with van der Waals surface area (Å²) in [6.45, 7) is 4.52. The molecule has 3 nitrogen and oxygen atoms in total. The average molecular weight is 275 g/mol. The smallest absolute Gasteiger partial charge is 0.261 e. The maximum atomic E-state index is 12.0. The highest BCUT2D eigenvalue weighted by atomic mass is 32.1. The lowest BCUT2D eigenvalue weighted by Gasteiger charge is -2.05. The molecule has 1 amide bonds. The Labute approximate surface area is 116 Å². The molecule has 4 heteroatoms. The number of aryl methyl sites for hydroxylation is 2. The molecule has 0 atom stereocenters. The molecule has 0 unspecified atom stereocenters. The molecular weight excluding hydrogens is 258 g/mol. The molecule has 19 heavy (non-hydrogen) atoms. The Morgan fingerprint density at radius 2 is 2.00 bits per heavy atom. The first-order valence-electron chi connectivity index (χ1n) is 6.14. The fraction of sp³-hybridized carbons (Fsp3) is 0.267. The first-order chi connectivity index (χ1) is 9.10. The maximum absolute atomic E-state index is 12.0. The minimum Gasteiger partial charge on any atom is -0.392 e. The van der Waals surface area contributed by atoms with E-state index in [0.717, 1.165) is 21.6 Å². The fourth-order valence-corrected chi connectivity index (χ4v) is 2.74. The molecule has 0 bridgehead atoms. The first kappa shape index (κ1) is 13.8. The van der Waals surface area contributed by atoms with Crippen LogP contribution in [-0.4, -0.2) is 11.0 Å². The Morgan fingerprint density at radius 1 is 1.26 bits per heavy atom.